The first kappa shape index (κ1) is 24.0. The van der Waals surface area contributed by atoms with Gasteiger partial charge < -0.3 is 9.64 Å². The monoisotopic (exact) mass is 493 g/mol. The van der Waals surface area contributed by atoms with Gasteiger partial charge in [-0.3, -0.25) is 4.79 Å². The number of amides is 1. The molecule has 1 amide bonds. The zero-order chi connectivity index (χ0) is 24.5. The van der Waals surface area contributed by atoms with Gasteiger partial charge in [-0.15, -0.1) is 16.4 Å². The Hall–Kier alpha value is -3.09. The summed E-state index contributed by atoms with van der Waals surface area (Å²) in [5, 5.41) is 7.14. The maximum atomic E-state index is 12.3. The highest BCUT2D eigenvalue weighted by Crippen LogP contribution is 2.30. The summed E-state index contributed by atoms with van der Waals surface area (Å²) in [4.78, 5) is 23.2. The first-order chi connectivity index (χ1) is 16.1. The third kappa shape index (κ3) is 5.69. The molecule has 0 bridgehead atoms. The van der Waals surface area contributed by atoms with Crippen molar-refractivity contribution in [2.75, 3.05) is 14.1 Å². The van der Waals surface area contributed by atoms with Gasteiger partial charge in [0.15, 0.2) is 5.01 Å². The summed E-state index contributed by atoms with van der Waals surface area (Å²) in [5.41, 5.74) is 3.53. The molecule has 0 fully saturated rings. The number of hydrogen-bond acceptors (Lipinski definition) is 6. The van der Waals surface area contributed by atoms with E-state index in [0.717, 1.165) is 33.4 Å². The van der Waals surface area contributed by atoms with Gasteiger partial charge in [0.1, 0.15) is 16.9 Å². The van der Waals surface area contributed by atoms with Crippen LogP contribution in [0, 0.1) is 6.92 Å². The normalized spacial score (nSPS) is 11.5. The number of nitrogens with zero attached hydrogens (tertiary/aromatic N) is 5. The number of ether oxygens (including phenoxy) is 1. The molecule has 34 heavy (non-hydrogen) atoms. The number of rotatable bonds is 7. The van der Waals surface area contributed by atoms with Crippen LogP contribution in [-0.4, -0.2) is 50.0 Å². The zero-order valence-electron chi connectivity index (χ0n) is 19.9. The lowest BCUT2D eigenvalue weighted by Crippen LogP contribution is -2.21. The van der Waals surface area contributed by atoms with Crippen molar-refractivity contribution in [3.63, 3.8) is 0 Å². The molecule has 0 saturated carbocycles. The molecule has 0 aliphatic heterocycles. The highest BCUT2D eigenvalue weighted by atomic mass is 32.1. The fourth-order valence-electron chi connectivity index (χ4n) is 3.40. The van der Waals surface area contributed by atoms with Crippen LogP contribution < -0.4 is 4.74 Å². The average Bonchev–Trinajstić information content (AvgIpc) is 3.40. The van der Waals surface area contributed by atoms with Crippen molar-refractivity contribution in [3.05, 3.63) is 70.9 Å². The molecule has 0 aliphatic rings. The fraction of sp³-hybridized carbons (Fsp3) is 0.280. The molecule has 176 valence electrons. The van der Waals surface area contributed by atoms with Gasteiger partial charge in [-0.2, -0.15) is 0 Å². The van der Waals surface area contributed by atoms with Crippen LogP contribution in [-0.2, 0) is 6.54 Å². The Kier molecular flexibility index (Phi) is 6.82. The van der Waals surface area contributed by atoms with Crippen molar-refractivity contribution >= 4 is 26.5 Å². The van der Waals surface area contributed by atoms with Crippen LogP contribution in [0.2, 0.25) is 0 Å². The molecule has 2 aromatic carbocycles. The summed E-state index contributed by atoms with van der Waals surface area (Å²) in [6, 6.07) is 15.5. The lowest BCUT2D eigenvalue weighted by molar-refractivity contribution is 0.0827. The van der Waals surface area contributed by atoms with Gasteiger partial charge in [0.05, 0.1) is 12.2 Å². The summed E-state index contributed by atoms with van der Waals surface area (Å²) >= 11 is 1.52. The fourth-order valence-corrected chi connectivity index (χ4v) is 4.29. The second kappa shape index (κ2) is 9.65. The van der Waals surface area contributed by atoms with Crippen molar-refractivity contribution in [1.82, 2.24) is 24.6 Å². The van der Waals surface area contributed by atoms with Crippen molar-refractivity contribution < 1.29 is 9.53 Å². The number of hydrogen-bond donors (Lipinski definition) is 0. The second-order valence-corrected chi connectivity index (χ2v) is 11.1. The van der Waals surface area contributed by atoms with E-state index in [2.05, 4.69) is 19.3 Å². The minimum Gasteiger partial charge on any atom is -0.484 e. The van der Waals surface area contributed by atoms with E-state index in [1.165, 1.54) is 11.3 Å². The molecule has 4 aromatic rings. The molecule has 0 radical (unpaired) electrons. The SMILES string of the molecule is Cc1nc(-c2nc(-c3ccc(OC(C)(C)P)cc3)cs2)nn1Cc1cccc(C(=O)N(C)C)c1. The second-order valence-electron chi connectivity index (χ2n) is 8.81. The quantitative estimate of drug-likeness (QED) is 0.334. The largest absolute Gasteiger partial charge is 0.484 e. The van der Waals surface area contributed by atoms with Gasteiger partial charge in [0.2, 0.25) is 5.82 Å². The van der Waals surface area contributed by atoms with Crippen molar-refractivity contribution in [2.24, 2.45) is 0 Å². The van der Waals surface area contributed by atoms with Crippen molar-refractivity contribution in [3.8, 4) is 27.8 Å². The Morgan fingerprint density at radius 3 is 2.56 bits per heavy atom. The van der Waals surface area contributed by atoms with E-state index >= 15 is 0 Å². The van der Waals surface area contributed by atoms with Crippen LogP contribution in [0.4, 0.5) is 0 Å². The predicted molar refractivity (Wildman–Crippen MR) is 139 cm³/mol. The molecular formula is C25H28N5O2PS. The van der Waals surface area contributed by atoms with Gasteiger partial charge in [-0.25, -0.2) is 14.6 Å². The number of benzene rings is 2. The number of carbonyl (C=O) groups excluding carboxylic acids is 1. The highest BCUT2D eigenvalue weighted by Gasteiger charge is 2.16. The van der Waals surface area contributed by atoms with Crippen LogP contribution in [0.25, 0.3) is 22.1 Å². The molecule has 4 rings (SSSR count). The molecule has 0 aliphatic carbocycles. The van der Waals surface area contributed by atoms with E-state index in [0.29, 0.717) is 17.9 Å². The standard InChI is InChI=1S/C25H28N5O2PS/c1-16-26-22(28-30(16)14-17-7-6-8-19(13-17)24(31)29(4)5)23-27-21(15-34-23)18-9-11-20(12-10-18)32-25(2,3)33/h6-13,15H,14,33H2,1-5H3. The lowest BCUT2D eigenvalue weighted by Gasteiger charge is -2.21. The van der Waals surface area contributed by atoms with E-state index in [4.69, 9.17) is 9.72 Å². The summed E-state index contributed by atoms with van der Waals surface area (Å²) < 4.78 is 7.70. The Morgan fingerprint density at radius 2 is 1.88 bits per heavy atom. The Bertz CT molecular complexity index is 1310. The number of carbonyl (C=O) groups is 1. The summed E-state index contributed by atoms with van der Waals surface area (Å²) in [5.74, 6) is 2.17. The molecule has 0 N–H and O–H groups in total. The third-order valence-corrected chi connectivity index (χ3v) is 5.95. The van der Waals surface area contributed by atoms with Crippen LogP contribution in [0.5, 0.6) is 5.75 Å². The summed E-state index contributed by atoms with van der Waals surface area (Å²) in [6.45, 7) is 6.43. The molecule has 0 saturated heterocycles. The molecule has 9 heteroatoms. The lowest BCUT2D eigenvalue weighted by atomic mass is 10.1. The summed E-state index contributed by atoms with van der Waals surface area (Å²) in [7, 11) is 6.17. The first-order valence-corrected chi connectivity index (χ1v) is 12.3. The minimum absolute atomic E-state index is 0.0231. The molecule has 2 heterocycles. The van der Waals surface area contributed by atoms with E-state index < -0.39 is 0 Å². The highest BCUT2D eigenvalue weighted by molar-refractivity contribution is 7.18. The summed E-state index contributed by atoms with van der Waals surface area (Å²) in [6.07, 6.45) is 0. The van der Waals surface area contributed by atoms with Crippen LogP contribution in [0.1, 0.15) is 35.6 Å². The van der Waals surface area contributed by atoms with Crippen molar-refractivity contribution in [1.29, 1.82) is 0 Å². The van der Waals surface area contributed by atoms with Gasteiger partial charge in [-0.1, -0.05) is 21.4 Å². The smallest absolute Gasteiger partial charge is 0.253 e. The molecule has 2 aromatic heterocycles. The molecule has 1 atom stereocenters. The number of thiazole rings is 1. The Morgan fingerprint density at radius 1 is 1.15 bits per heavy atom. The van der Waals surface area contributed by atoms with E-state index in [9.17, 15) is 4.79 Å². The van der Waals surface area contributed by atoms with E-state index in [1.54, 1.807) is 19.0 Å². The van der Waals surface area contributed by atoms with Gasteiger partial charge in [-0.05, 0) is 62.7 Å². The predicted octanol–water partition coefficient (Wildman–Crippen LogP) is 5.12. The third-order valence-electron chi connectivity index (χ3n) is 5.00. The first-order valence-electron chi connectivity index (χ1n) is 10.9. The average molecular weight is 494 g/mol. The number of aromatic nitrogens is 4. The Balaban J connectivity index is 1.51. The van der Waals surface area contributed by atoms with E-state index in [-0.39, 0.29) is 11.2 Å². The molecule has 7 nitrogen and oxygen atoms in total. The van der Waals surface area contributed by atoms with Gasteiger partial charge >= 0.3 is 0 Å². The van der Waals surface area contributed by atoms with E-state index in [1.807, 2.05) is 79.4 Å². The maximum Gasteiger partial charge on any atom is 0.253 e. The minimum atomic E-state index is -0.319. The van der Waals surface area contributed by atoms with Gasteiger partial charge in [0, 0.05) is 30.6 Å². The zero-order valence-corrected chi connectivity index (χ0v) is 21.9. The Labute approximate surface area is 206 Å². The van der Waals surface area contributed by atoms with Gasteiger partial charge in [0.25, 0.3) is 5.91 Å². The molecule has 0 spiro atoms. The number of aryl methyl sites for hydroxylation is 1. The van der Waals surface area contributed by atoms with Crippen LogP contribution in [0.15, 0.2) is 53.9 Å². The maximum absolute atomic E-state index is 12.3. The van der Waals surface area contributed by atoms with Crippen molar-refractivity contribution in [2.45, 2.75) is 32.7 Å². The van der Waals surface area contributed by atoms with Crippen LogP contribution in [0.3, 0.4) is 0 Å². The molecule has 1 unspecified atom stereocenters. The molecular weight excluding hydrogens is 465 g/mol. The van der Waals surface area contributed by atoms with Crippen LogP contribution >= 0.6 is 20.6 Å². The topological polar surface area (TPSA) is 73.1 Å².